The zero-order valence-electron chi connectivity index (χ0n) is 19.0. The van der Waals surface area contributed by atoms with Gasteiger partial charge in [0.15, 0.2) is 5.78 Å². The number of ketones is 1. The number of carbonyl (C=O) groups is 1. The summed E-state index contributed by atoms with van der Waals surface area (Å²) in [4.78, 5) is 12.0. The highest BCUT2D eigenvalue weighted by atomic mass is 16.1. The molecule has 3 fully saturated rings. The van der Waals surface area contributed by atoms with Crippen LogP contribution in [0, 0.1) is 46.3 Å². The summed E-state index contributed by atoms with van der Waals surface area (Å²) in [5, 5.41) is 0. The molecule has 1 nitrogen and oxygen atoms in total. The lowest BCUT2D eigenvalue weighted by atomic mass is 9.46. The molecule has 156 valence electrons. The zero-order chi connectivity index (χ0) is 20.1. The van der Waals surface area contributed by atoms with E-state index in [4.69, 9.17) is 0 Å². The minimum atomic E-state index is 0.318. The van der Waals surface area contributed by atoms with Gasteiger partial charge in [0.05, 0.1) is 0 Å². The molecular formula is C27H42O. The van der Waals surface area contributed by atoms with Crippen LogP contribution in [-0.4, -0.2) is 5.78 Å². The second-order valence-electron chi connectivity index (χ2n) is 11.6. The Balaban J connectivity index is 1.53. The van der Waals surface area contributed by atoms with E-state index < -0.39 is 0 Å². The summed E-state index contributed by atoms with van der Waals surface area (Å²) in [5.41, 5.74) is 2.36. The van der Waals surface area contributed by atoms with Crippen molar-refractivity contribution in [1.82, 2.24) is 0 Å². The van der Waals surface area contributed by atoms with Crippen LogP contribution in [0.1, 0.15) is 92.4 Å². The van der Waals surface area contributed by atoms with Crippen molar-refractivity contribution in [2.24, 2.45) is 46.3 Å². The third-order valence-electron chi connectivity index (χ3n) is 9.72. The molecule has 28 heavy (non-hydrogen) atoms. The van der Waals surface area contributed by atoms with Gasteiger partial charge in [0.2, 0.25) is 0 Å². The van der Waals surface area contributed by atoms with Gasteiger partial charge >= 0.3 is 0 Å². The molecule has 0 radical (unpaired) electrons. The van der Waals surface area contributed by atoms with E-state index in [9.17, 15) is 4.79 Å². The Labute approximate surface area is 173 Å². The van der Waals surface area contributed by atoms with E-state index in [0.717, 1.165) is 42.4 Å². The van der Waals surface area contributed by atoms with Crippen molar-refractivity contribution in [1.29, 1.82) is 0 Å². The Kier molecular flexibility index (Phi) is 5.43. The summed E-state index contributed by atoms with van der Waals surface area (Å²) < 4.78 is 0. The Morgan fingerprint density at radius 1 is 1.04 bits per heavy atom. The zero-order valence-corrected chi connectivity index (χ0v) is 19.0. The molecule has 4 aliphatic rings. The van der Waals surface area contributed by atoms with Gasteiger partial charge in [-0.05, 0) is 104 Å². The smallest absolute Gasteiger partial charge is 0.155 e. The van der Waals surface area contributed by atoms with Crippen molar-refractivity contribution < 1.29 is 4.79 Å². The minimum absolute atomic E-state index is 0.318. The summed E-state index contributed by atoms with van der Waals surface area (Å²) in [5.74, 6) is 5.35. The molecule has 0 aromatic rings. The van der Waals surface area contributed by atoms with Gasteiger partial charge in [-0.2, -0.15) is 0 Å². The third kappa shape index (κ3) is 3.25. The fraction of sp³-hybridized carbons (Fsp3) is 0.815. The molecule has 0 aliphatic heterocycles. The second-order valence-corrected chi connectivity index (χ2v) is 11.6. The maximum absolute atomic E-state index is 12.0. The van der Waals surface area contributed by atoms with Gasteiger partial charge in [-0.1, -0.05) is 52.3 Å². The molecule has 4 rings (SSSR count). The minimum Gasteiger partial charge on any atom is -0.295 e. The van der Waals surface area contributed by atoms with E-state index in [-0.39, 0.29) is 0 Å². The molecule has 0 bridgehead atoms. The van der Waals surface area contributed by atoms with Gasteiger partial charge in [-0.3, -0.25) is 4.79 Å². The number of hydrogen-bond donors (Lipinski definition) is 0. The lowest BCUT2D eigenvalue weighted by molar-refractivity contribution is -0.117. The van der Waals surface area contributed by atoms with Crippen LogP contribution in [0.2, 0.25) is 0 Å². The van der Waals surface area contributed by atoms with E-state index in [1.165, 1.54) is 50.5 Å². The van der Waals surface area contributed by atoms with Crippen molar-refractivity contribution in [2.45, 2.75) is 92.4 Å². The molecule has 0 aromatic carbocycles. The summed E-state index contributed by atoms with van der Waals surface area (Å²) in [6, 6.07) is 0. The Hall–Kier alpha value is -0.850. The molecule has 7 unspecified atom stereocenters. The van der Waals surface area contributed by atoms with E-state index in [2.05, 4.69) is 46.8 Å². The van der Waals surface area contributed by atoms with Crippen LogP contribution in [0.5, 0.6) is 0 Å². The van der Waals surface area contributed by atoms with Crippen molar-refractivity contribution in [3.05, 3.63) is 23.8 Å². The monoisotopic (exact) mass is 382 g/mol. The van der Waals surface area contributed by atoms with Gasteiger partial charge in [0.1, 0.15) is 0 Å². The molecule has 1 heteroatoms. The normalized spacial score (nSPS) is 44.2. The lowest BCUT2D eigenvalue weighted by Crippen LogP contribution is -2.50. The first-order valence-corrected chi connectivity index (χ1v) is 12.2. The van der Waals surface area contributed by atoms with Crippen LogP contribution >= 0.6 is 0 Å². The number of rotatable bonds is 4. The Bertz CT molecular complexity index is 670. The molecule has 7 atom stereocenters. The predicted octanol–water partition coefficient (Wildman–Crippen LogP) is 7.37. The summed E-state index contributed by atoms with van der Waals surface area (Å²) in [7, 11) is 0. The van der Waals surface area contributed by atoms with E-state index in [0.29, 0.717) is 22.5 Å². The molecule has 0 N–H and O–H groups in total. The molecular weight excluding hydrogens is 340 g/mol. The molecule has 0 spiro atoms. The highest BCUT2D eigenvalue weighted by Gasteiger charge is 2.59. The largest absolute Gasteiger partial charge is 0.295 e. The average Bonchev–Trinajstić information content (AvgIpc) is 2.99. The standard InChI is InChI=1S/C27H42O/c1-18(2)7-6-8-19(3)23-11-12-24-22-10-9-20-17-21(28)13-15-26(20,4)25(22)14-16-27(23,24)5/h6,8,17-19,22-25H,7,9-16H2,1-5H3. The van der Waals surface area contributed by atoms with Crippen LogP contribution in [0.4, 0.5) is 0 Å². The summed E-state index contributed by atoms with van der Waals surface area (Å²) in [6.45, 7) is 12.3. The number of allylic oxidation sites excluding steroid dienone is 3. The highest BCUT2D eigenvalue weighted by Crippen LogP contribution is 2.67. The second kappa shape index (κ2) is 7.44. The first kappa shape index (κ1) is 20.4. The fourth-order valence-corrected chi connectivity index (χ4v) is 8.16. The van der Waals surface area contributed by atoms with Crippen LogP contribution in [0.25, 0.3) is 0 Å². The van der Waals surface area contributed by atoms with Crippen LogP contribution in [0.3, 0.4) is 0 Å². The molecule has 0 aromatic heterocycles. The van der Waals surface area contributed by atoms with Crippen molar-refractivity contribution in [3.63, 3.8) is 0 Å². The number of hydrogen-bond acceptors (Lipinski definition) is 1. The van der Waals surface area contributed by atoms with Crippen molar-refractivity contribution >= 4 is 5.78 Å². The average molecular weight is 383 g/mol. The van der Waals surface area contributed by atoms with Gasteiger partial charge < -0.3 is 0 Å². The Morgan fingerprint density at radius 2 is 1.82 bits per heavy atom. The van der Waals surface area contributed by atoms with Crippen LogP contribution in [-0.2, 0) is 4.79 Å². The Morgan fingerprint density at radius 3 is 2.57 bits per heavy atom. The number of fused-ring (bicyclic) bond motifs is 5. The van der Waals surface area contributed by atoms with Gasteiger partial charge in [-0.15, -0.1) is 0 Å². The molecule has 3 saturated carbocycles. The van der Waals surface area contributed by atoms with Gasteiger partial charge in [-0.25, -0.2) is 0 Å². The third-order valence-corrected chi connectivity index (χ3v) is 9.72. The molecule has 0 heterocycles. The molecule has 4 aliphatic carbocycles. The molecule has 0 saturated heterocycles. The first-order valence-electron chi connectivity index (χ1n) is 12.2. The summed E-state index contributed by atoms with van der Waals surface area (Å²) >= 11 is 0. The van der Waals surface area contributed by atoms with E-state index in [1.807, 2.05) is 6.08 Å². The van der Waals surface area contributed by atoms with Crippen LogP contribution in [0.15, 0.2) is 23.8 Å². The SMILES string of the molecule is CC(C)CC=CC(C)C1CCC2C3CCC4=CC(=O)CCC4(C)C3CCC12C. The maximum atomic E-state index is 12.0. The van der Waals surface area contributed by atoms with Gasteiger partial charge in [0, 0.05) is 6.42 Å². The topological polar surface area (TPSA) is 17.1 Å². The number of carbonyl (C=O) groups excluding carboxylic acids is 1. The maximum Gasteiger partial charge on any atom is 0.155 e. The predicted molar refractivity (Wildman–Crippen MR) is 118 cm³/mol. The van der Waals surface area contributed by atoms with Crippen LogP contribution < -0.4 is 0 Å². The van der Waals surface area contributed by atoms with E-state index >= 15 is 0 Å². The molecule has 0 amide bonds. The van der Waals surface area contributed by atoms with Gasteiger partial charge in [0.25, 0.3) is 0 Å². The highest BCUT2D eigenvalue weighted by molar-refractivity contribution is 5.91. The first-order chi connectivity index (χ1) is 13.3. The van der Waals surface area contributed by atoms with E-state index in [1.54, 1.807) is 0 Å². The van der Waals surface area contributed by atoms with Crippen molar-refractivity contribution in [2.75, 3.05) is 0 Å². The lowest BCUT2D eigenvalue weighted by Gasteiger charge is -2.58. The van der Waals surface area contributed by atoms with Crippen molar-refractivity contribution in [3.8, 4) is 0 Å². The quantitative estimate of drug-likeness (QED) is 0.464. The fourth-order valence-electron chi connectivity index (χ4n) is 8.16. The summed E-state index contributed by atoms with van der Waals surface area (Å²) in [6.07, 6.45) is 18.3.